The minimum Gasteiger partial charge on any atom is -0.332 e. The Morgan fingerprint density at radius 2 is 2.33 bits per heavy atom. The van der Waals surface area contributed by atoms with Crippen LogP contribution in [0.1, 0.15) is 18.2 Å². The maximum Gasteiger partial charge on any atom is 0.317 e. The predicted octanol–water partition coefficient (Wildman–Crippen LogP) is 1.55. The van der Waals surface area contributed by atoms with Gasteiger partial charge in [-0.25, -0.2) is 4.79 Å². The Labute approximate surface area is 90.3 Å². The summed E-state index contributed by atoms with van der Waals surface area (Å²) in [6.45, 7) is 5.10. The lowest BCUT2D eigenvalue weighted by atomic mass is 10.2. The molecular weight excluding hydrogens is 190 g/mol. The summed E-state index contributed by atoms with van der Waals surface area (Å²) in [6, 6.07) is 3.80. The average Bonchev–Trinajstić information content (AvgIpc) is 2.26. The highest BCUT2D eigenvalue weighted by Gasteiger charge is 2.06. The summed E-state index contributed by atoms with van der Waals surface area (Å²) in [5.74, 6) is 0. The monoisotopic (exact) mass is 207 g/mol. The number of aromatic nitrogens is 1. The summed E-state index contributed by atoms with van der Waals surface area (Å²) in [4.78, 5) is 17.3. The minimum absolute atomic E-state index is 0.0671. The second kappa shape index (κ2) is 5.34. The number of hydrogen-bond acceptors (Lipinski definition) is 2. The maximum atomic E-state index is 11.4. The van der Waals surface area contributed by atoms with Crippen LogP contribution in [-0.2, 0) is 6.54 Å². The number of nitrogens with zero attached hydrogens (tertiary/aromatic N) is 2. The van der Waals surface area contributed by atoms with Crippen molar-refractivity contribution in [2.45, 2.75) is 20.4 Å². The minimum atomic E-state index is -0.0671. The van der Waals surface area contributed by atoms with E-state index in [0.717, 1.165) is 11.3 Å². The summed E-state index contributed by atoms with van der Waals surface area (Å²) in [6.07, 6.45) is 1.73. The van der Waals surface area contributed by atoms with Gasteiger partial charge in [0.25, 0.3) is 0 Å². The van der Waals surface area contributed by atoms with Gasteiger partial charge in [0, 0.05) is 19.8 Å². The zero-order valence-corrected chi connectivity index (χ0v) is 9.45. The number of amides is 2. The van der Waals surface area contributed by atoms with Gasteiger partial charge in [0.1, 0.15) is 0 Å². The molecule has 0 fully saturated rings. The second-order valence-corrected chi connectivity index (χ2v) is 3.44. The fraction of sp³-hybridized carbons (Fsp3) is 0.455. The first-order valence-electron chi connectivity index (χ1n) is 5.04. The third-order valence-corrected chi connectivity index (χ3v) is 2.35. The van der Waals surface area contributed by atoms with Gasteiger partial charge >= 0.3 is 6.03 Å². The topological polar surface area (TPSA) is 45.2 Å². The van der Waals surface area contributed by atoms with E-state index in [1.165, 1.54) is 0 Å². The molecule has 4 heteroatoms. The van der Waals surface area contributed by atoms with Crippen molar-refractivity contribution in [3.63, 3.8) is 0 Å². The van der Waals surface area contributed by atoms with Crippen molar-refractivity contribution in [3.8, 4) is 0 Å². The Morgan fingerprint density at radius 3 is 2.93 bits per heavy atom. The number of carbonyl (C=O) groups is 1. The van der Waals surface area contributed by atoms with Crippen LogP contribution in [0.5, 0.6) is 0 Å². The normalized spacial score (nSPS) is 9.80. The van der Waals surface area contributed by atoms with Gasteiger partial charge in [-0.1, -0.05) is 6.07 Å². The van der Waals surface area contributed by atoms with E-state index in [2.05, 4.69) is 10.3 Å². The summed E-state index contributed by atoms with van der Waals surface area (Å²) < 4.78 is 0. The molecule has 0 aromatic carbocycles. The van der Waals surface area contributed by atoms with E-state index in [-0.39, 0.29) is 6.03 Å². The van der Waals surface area contributed by atoms with Crippen LogP contribution in [0, 0.1) is 6.92 Å². The maximum absolute atomic E-state index is 11.4. The Morgan fingerprint density at radius 1 is 1.60 bits per heavy atom. The highest BCUT2D eigenvalue weighted by Crippen LogP contribution is 2.02. The Balaban J connectivity index is 2.51. The van der Waals surface area contributed by atoms with Gasteiger partial charge in [-0.05, 0) is 25.5 Å². The highest BCUT2D eigenvalue weighted by atomic mass is 16.2. The molecule has 4 nitrogen and oxygen atoms in total. The quantitative estimate of drug-likeness (QED) is 0.817. The number of pyridine rings is 1. The lowest BCUT2D eigenvalue weighted by Crippen LogP contribution is -2.36. The lowest BCUT2D eigenvalue weighted by molar-refractivity contribution is 0.210. The van der Waals surface area contributed by atoms with Gasteiger partial charge in [-0.3, -0.25) is 4.98 Å². The molecule has 1 N–H and O–H groups in total. The number of hydrogen-bond donors (Lipinski definition) is 1. The van der Waals surface area contributed by atoms with Gasteiger partial charge in [-0.2, -0.15) is 0 Å². The van der Waals surface area contributed by atoms with Crippen LogP contribution in [0.3, 0.4) is 0 Å². The molecule has 1 rings (SSSR count). The van der Waals surface area contributed by atoms with Crippen molar-refractivity contribution in [1.82, 2.24) is 15.2 Å². The molecule has 0 aliphatic carbocycles. The summed E-state index contributed by atoms with van der Waals surface area (Å²) in [5, 5.41) is 2.81. The van der Waals surface area contributed by atoms with Crippen LogP contribution in [0.25, 0.3) is 0 Å². The zero-order chi connectivity index (χ0) is 11.3. The van der Waals surface area contributed by atoms with Crippen LogP contribution in [0.4, 0.5) is 4.79 Å². The fourth-order valence-corrected chi connectivity index (χ4v) is 1.14. The number of nitrogens with one attached hydrogen (secondary N) is 1. The smallest absolute Gasteiger partial charge is 0.317 e. The van der Waals surface area contributed by atoms with Gasteiger partial charge in [0.05, 0.1) is 12.2 Å². The Kier molecular flexibility index (Phi) is 4.09. The third kappa shape index (κ3) is 3.23. The first-order valence-corrected chi connectivity index (χ1v) is 5.04. The average molecular weight is 207 g/mol. The number of carbonyl (C=O) groups excluding carboxylic acids is 1. The molecule has 0 saturated carbocycles. The van der Waals surface area contributed by atoms with Gasteiger partial charge < -0.3 is 10.2 Å². The summed E-state index contributed by atoms with van der Waals surface area (Å²) in [7, 11) is 1.76. The highest BCUT2D eigenvalue weighted by molar-refractivity contribution is 5.73. The first-order chi connectivity index (χ1) is 7.15. The molecule has 1 aromatic heterocycles. The SMILES string of the molecule is CCN(C)C(=O)NCc1ncccc1C. The van der Waals surface area contributed by atoms with E-state index in [1.807, 2.05) is 26.0 Å². The Hall–Kier alpha value is -1.58. The largest absolute Gasteiger partial charge is 0.332 e. The molecule has 0 atom stereocenters. The van der Waals surface area contributed by atoms with Crippen molar-refractivity contribution in [2.24, 2.45) is 0 Å². The van der Waals surface area contributed by atoms with Crippen LogP contribution in [0.2, 0.25) is 0 Å². The van der Waals surface area contributed by atoms with E-state index in [9.17, 15) is 4.79 Å². The lowest BCUT2D eigenvalue weighted by Gasteiger charge is -2.15. The van der Waals surface area contributed by atoms with Crippen molar-refractivity contribution < 1.29 is 4.79 Å². The molecule has 0 radical (unpaired) electrons. The first kappa shape index (κ1) is 11.5. The number of aryl methyl sites for hydroxylation is 1. The van der Waals surface area contributed by atoms with Crippen molar-refractivity contribution >= 4 is 6.03 Å². The zero-order valence-electron chi connectivity index (χ0n) is 9.45. The molecule has 0 aliphatic heterocycles. The number of rotatable bonds is 3. The van der Waals surface area contributed by atoms with Gasteiger partial charge in [-0.15, -0.1) is 0 Å². The molecule has 0 aliphatic rings. The summed E-state index contributed by atoms with van der Waals surface area (Å²) in [5.41, 5.74) is 2.01. The molecular formula is C11H17N3O. The molecule has 0 saturated heterocycles. The fourth-order valence-electron chi connectivity index (χ4n) is 1.14. The molecule has 82 valence electrons. The van der Waals surface area contributed by atoms with Crippen LogP contribution in [-0.4, -0.2) is 29.5 Å². The predicted molar refractivity (Wildman–Crippen MR) is 59.5 cm³/mol. The molecule has 1 heterocycles. The van der Waals surface area contributed by atoms with Crippen molar-refractivity contribution in [1.29, 1.82) is 0 Å². The molecule has 15 heavy (non-hydrogen) atoms. The van der Waals surface area contributed by atoms with Crippen molar-refractivity contribution in [3.05, 3.63) is 29.6 Å². The molecule has 0 unspecified atom stereocenters. The van der Waals surface area contributed by atoms with E-state index >= 15 is 0 Å². The van der Waals surface area contributed by atoms with E-state index in [1.54, 1.807) is 18.1 Å². The molecule has 0 bridgehead atoms. The van der Waals surface area contributed by atoms with Gasteiger partial charge in [0.2, 0.25) is 0 Å². The van der Waals surface area contributed by atoms with Crippen LogP contribution in [0.15, 0.2) is 18.3 Å². The van der Waals surface area contributed by atoms with Gasteiger partial charge in [0.15, 0.2) is 0 Å². The van der Waals surface area contributed by atoms with E-state index < -0.39 is 0 Å². The standard InChI is InChI=1S/C11H17N3O/c1-4-14(3)11(15)13-8-10-9(2)6-5-7-12-10/h5-7H,4,8H2,1-3H3,(H,13,15). The van der Waals surface area contributed by atoms with E-state index in [0.29, 0.717) is 13.1 Å². The molecule has 1 aromatic rings. The van der Waals surface area contributed by atoms with E-state index in [4.69, 9.17) is 0 Å². The Bertz CT molecular complexity index is 338. The van der Waals surface area contributed by atoms with Crippen LogP contribution < -0.4 is 5.32 Å². The molecule has 2 amide bonds. The molecule has 0 spiro atoms. The third-order valence-electron chi connectivity index (χ3n) is 2.35. The summed E-state index contributed by atoms with van der Waals surface area (Å²) >= 11 is 0. The number of urea groups is 1. The van der Waals surface area contributed by atoms with Crippen molar-refractivity contribution in [2.75, 3.05) is 13.6 Å². The second-order valence-electron chi connectivity index (χ2n) is 3.44. The van der Waals surface area contributed by atoms with Crippen LogP contribution >= 0.6 is 0 Å².